The minimum absolute atomic E-state index is 0.129. The first-order chi connectivity index (χ1) is 11.3. The fourth-order valence-electron chi connectivity index (χ4n) is 1.95. The zero-order valence-electron chi connectivity index (χ0n) is 12.4. The van der Waals surface area contributed by atoms with E-state index >= 15 is 0 Å². The molecule has 0 bridgehead atoms. The van der Waals surface area contributed by atoms with Gasteiger partial charge in [0.05, 0.1) is 9.83 Å². The van der Waals surface area contributed by atoms with Crippen LogP contribution in [-0.4, -0.2) is 44.3 Å². The first kappa shape index (κ1) is 17.9. The normalized spacial score (nSPS) is 15.9. The van der Waals surface area contributed by atoms with Crippen molar-refractivity contribution in [3.63, 3.8) is 0 Å². The number of carbonyl (C=O) groups excluding carboxylic acids is 1. The van der Waals surface area contributed by atoms with E-state index in [0.717, 1.165) is 11.8 Å². The molecular weight excluding hydrogens is 356 g/mol. The van der Waals surface area contributed by atoms with Gasteiger partial charge in [0.15, 0.2) is 6.61 Å². The van der Waals surface area contributed by atoms with E-state index in [1.807, 2.05) is 0 Å². The third kappa shape index (κ3) is 3.89. The Morgan fingerprint density at radius 2 is 2.25 bits per heavy atom. The molecule has 0 spiro atoms. The van der Waals surface area contributed by atoms with Gasteiger partial charge < -0.3 is 9.84 Å². The number of benzene rings is 1. The van der Waals surface area contributed by atoms with Crippen LogP contribution in [0.4, 0.5) is 5.69 Å². The van der Waals surface area contributed by atoms with Gasteiger partial charge in [-0.15, -0.1) is 0 Å². The number of nitrogens with zero attached hydrogens (tertiary/aromatic N) is 2. The van der Waals surface area contributed by atoms with Crippen molar-refractivity contribution >= 4 is 51.9 Å². The number of aliphatic carboxylic acids is 1. The van der Waals surface area contributed by atoms with E-state index < -0.39 is 17.5 Å². The fourth-order valence-corrected chi connectivity index (χ4v) is 3.32. The van der Waals surface area contributed by atoms with Crippen LogP contribution in [0.3, 0.4) is 0 Å². The van der Waals surface area contributed by atoms with Gasteiger partial charge in [-0.25, -0.2) is 4.79 Å². The van der Waals surface area contributed by atoms with E-state index in [9.17, 15) is 19.7 Å². The van der Waals surface area contributed by atoms with Crippen molar-refractivity contribution in [2.45, 2.75) is 6.92 Å². The molecule has 24 heavy (non-hydrogen) atoms. The molecule has 1 saturated heterocycles. The van der Waals surface area contributed by atoms with E-state index in [1.54, 1.807) is 6.92 Å². The predicted molar refractivity (Wildman–Crippen MR) is 91.8 cm³/mol. The number of non-ortho nitro benzene ring substituents is 1. The molecule has 10 heteroatoms. The van der Waals surface area contributed by atoms with Gasteiger partial charge in [0, 0.05) is 24.2 Å². The van der Waals surface area contributed by atoms with Gasteiger partial charge in [0.1, 0.15) is 10.1 Å². The number of carboxylic acid groups (broad SMARTS) is 1. The second-order valence-electron chi connectivity index (χ2n) is 4.59. The quantitative estimate of drug-likeness (QED) is 0.352. The molecule has 1 fully saturated rings. The molecule has 2 rings (SSSR count). The summed E-state index contributed by atoms with van der Waals surface area (Å²) < 4.78 is 5.52. The van der Waals surface area contributed by atoms with Gasteiger partial charge in [0.25, 0.3) is 11.6 Å². The molecule has 0 saturated carbocycles. The number of hydrogen-bond donors (Lipinski definition) is 1. The summed E-state index contributed by atoms with van der Waals surface area (Å²) in [5.41, 5.74) is 0.0388. The summed E-state index contributed by atoms with van der Waals surface area (Å²) in [7, 11) is 0. The van der Waals surface area contributed by atoms with Crippen LogP contribution in [0.15, 0.2) is 23.1 Å². The van der Waals surface area contributed by atoms with Crippen molar-refractivity contribution in [3.05, 3.63) is 38.8 Å². The van der Waals surface area contributed by atoms with Crippen LogP contribution in [0, 0.1) is 10.1 Å². The van der Waals surface area contributed by atoms with Crippen LogP contribution >= 0.6 is 24.0 Å². The van der Waals surface area contributed by atoms with E-state index in [0.29, 0.717) is 15.8 Å². The number of thioether (sulfide) groups is 1. The molecule has 0 atom stereocenters. The van der Waals surface area contributed by atoms with Crippen LogP contribution in [0.5, 0.6) is 5.75 Å². The first-order valence-corrected chi connectivity index (χ1v) is 7.94. The standard InChI is InChI=1S/C14H12N2O6S2/c1-2-15-13(19)11(24-14(15)23)6-8-5-9(16(20)21)3-4-10(8)22-7-12(17)18/h3-6H,2,7H2,1H3,(H,17,18)/b11-6-. The highest BCUT2D eigenvalue weighted by molar-refractivity contribution is 8.26. The van der Waals surface area contributed by atoms with E-state index in [-0.39, 0.29) is 22.9 Å². The number of likely N-dealkylation sites (N-methyl/N-ethyl adjacent to an activating group) is 1. The average Bonchev–Trinajstić information content (AvgIpc) is 2.79. The lowest BCUT2D eigenvalue weighted by Gasteiger charge is -2.10. The Morgan fingerprint density at radius 1 is 1.54 bits per heavy atom. The first-order valence-electron chi connectivity index (χ1n) is 6.72. The van der Waals surface area contributed by atoms with Gasteiger partial charge in [-0.2, -0.15) is 0 Å². The highest BCUT2D eigenvalue weighted by Crippen LogP contribution is 2.35. The molecule has 1 aromatic carbocycles. The number of carbonyl (C=O) groups is 2. The molecule has 0 aliphatic carbocycles. The molecule has 1 aromatic rings. The average molecular weight is 368 g/mol. The van der Waals surface area contributed by atoms with Crippen LogP contribution in [-0.2, 0) is 9.59 Å². The predicted octanol–water partition coefficient (Wildman–Crippen LogP) is 2.28. The monoisotopic (exact) mass is 368 g/mol. The Hall–Kier alpha value is -2.46. The smallest absolute Gasteiger partial charge is 0.341 e. The second kappa shape index (κ2) is 7.41. The summed E-state index contributed by atoms with van der Waals surface area (Å²) >= 11 is 6.18. The summed E-state index contributed by atoms with van der Waals surface area (Å²) in [5, 5.41) is 19.6. The Kier molecular flexibility index (Phi) is 5.52. The second-order valence-corrected chi connectivity index (χ2v) is 6.26. The molecule has 1 heterocycles. The van der Waals surface area contributed by atoms with Crippen molar-refractivity contribution in [3.8, 4) is 5.75 Å². The summed E-state index contributed by atoms with van der Waals surface area (Å²) in [6.45, 7) is 1.59. The molecule has 1 amide bonds. The number of rotatable bonds is 6. The van der Waals surface area contributed by atoms with E-state index in [1.165, 1.54) is 29.2 Å². The molecule has 0 unspecified atom stereocenters. The van der Waals surface area contributed by atoms with Crippen molar-refractivity contribution in [1.29, 1.82) is 0 Å². The van der Waals surface area contributed by atoms with Gasteiger partial charge in [-0.3, -0.25) is 19.8 Å². The van der Waals surface area contributed by atoms with Crippen molar-refractivity contribution in [1.82, 2.24) is 4.90 Å². The number of nitro groups is 1. The zero-order chi connectivity index (χ0) is 17.9. The molecular formula is C14H12N2O6S2. The summed E-state index contributed by atoms with van der Waals surface area (Å²) in [6.07, 6.45) is 1.42. The highest BCUT2D eigenvalue weighted by Gasteiger charge is 2.31. The molecule has 126 valence electrons. The van der Waals surface area contributed by atoms with Crippen LogP contribution in [0.1, 0.15) is 12.5 Å². The number of hydrogen-bond acceptors (Lipinski definition) is 7. The molecule has 8 nitrogen and oxygen atoms in total. The van der Waals surface area contributed by atoms with Crippen molar-refractivity contribution < 1.29 is 24.4 Å². The number of carboxylic acids is 1. The highest BCUT2D eigenvalue weighted by atomic mass is 32.2. The topological polar surface area (TPSA) is 110 Å². The maximum absolute atomic E-state index is 12.2. The molecule has 0 aromatic heterocycles. The Balaban J connectivity index is 2.42. The lowest BCUT2D eigenvalue weighted by atomic mass is 10.1. The van der Waals surface area contributed by atoms with Crippen LogP contribution in [0.2, 0.25) is 0 Å². The Morgan fingerprint density at radius 3 is 2.79 bits per heavy atom. The molecule has 0 radical (unpaired) electrons. The van der Waals surface area contributed by atoms with Gasteiger partial charge in [-0.1, -0.05) is 24.0 Å². The SMILES string of the molecule is CCN1C(=O)/C(=C/c2cc([N+](=O)[O-])ccc2OCC(=O)O)SC1=S. The maximum atomic E-state index is 12.2. The number of amides is 1. The number of thiocarbonyl (C=S) groups is 1. The van der Waals surface area contributed by atoms with Crippen molar-refractivity contribution in [2.75, 3.05) is 13.2 Å². The molecule has 1 aliphatic heterocycles. The minimum Gasteiger partial charge on any atom is -0.481 e. The van der Waals surface area contributed by atoms with E-state index in [2.05, 4.69) is 0 Å². The van der Waals surface area contributed by atoms with Gasteiger partial charge in [-0.05, 0) is 19.1 Å². The van der Waals surface area contributed by atoms with E-state index in [4.69, 9.17) is 22.1 Å². The van der Waals surface area contributed by atoms with Crippen LogP contribution in [0.25, 0.3) is 6.08 Å². The Bertz CT molecular complexity index is 762. The fraction of sp³-hybridized carbons (Fsp3) is 0.214. The maximum Gasteiger partial charge on any atom is 0.341 e. The number of ether oxygens (including phenoxy) is 1. The minimum atomic E-state index is -1.18. The summed E-state index contributed by atoms with van der Waals surface area (Å²) in [4.78, 5) is 34.9. The van der Waals surface area contributed by atoms with Crippen molar-refractivity contribution in [2.24, 2.45) is 0 Å². The molecule has 1 aliphatic rings. The summed E-state index contributed by atoms with van der Waals surface area (Å²) in [5.74, 6) is -1.36. The van der Waals surface area contributed by atoms with Gasteiger partial charge >= 0.3 is 5.97 Å². The summed E-state index contributed by atoms with van der Waals surface area (Å²) in [6, 6.07) is 3.72. The third-order valence-electron chi connectivity index (χ3n) is 3.03. The lowest BCUT2D eigenvalue weighted by molar-refractivity contribution is -0.384. The van der Waals surface area contributed by atoms with Gasteiger partial charge in [0.2, 0.25) is 0 Å². The number of nitro benzene ring substituents is 1. The van der Waals surface area contributed by atoms with Crippen LogP contribution < -0.4 is 4.74 Å². The Labute approximate surface area is 146 Å². The largest absolute Gasteiger partial charge is 0.481 e. The third-order valence-corrected chi connectivity index (χ3v) is 4.41. The zero-order valence-corrected chi connectivity index (χ0v) is 14.1. The lowest BCUT2D eigenvalue weighted by Crippen LogP contribution is -2.27. The molecule has 1 N–H and O–H groups in total.